The molecule has 3 saturated heterocycles. The number of rotatable bonds is 4. The zero-order valence-electron chi connectivity index (χ0n) is 12.6. The lowest BCUT2D eigenvalue weighted by atomic mass is 9.99. The van der Waals surface area contributed by atoms with Crippen LogP contribution in [0.4, 0.5) is 0 Å². The maximum atomic E-state index is 3.72. The maximum Gasteiger partial charge on any atom is 0.0249 e. The molecule has 110 valence electrons. The lowest BCUT2D eigenvalue weighted by Crippen LogP contribution is -2.46. The fraction of sp³-hybridized carbons (Fsp3) is 1.00. The predicted molar refractivity (Wildman–Crippen MR) is 80.5 cm³/mol. The summed E-state index contributed by atoms with van der Waals surface area (Å²) in [5.74, 6) is 0. The van der Waals surface area contributed by atoms with Crippen LogP contribution in [0.2, 0.25) is 0 Å². The van der Waals surface area contributed by atoms with Crippen molar-refractivity contribution in [3.05, 3.63) is 0 Å². The van der Waals surface area contributed by atoms with E-state index < -0.39 is 0 Å². The summed E-state index contributed by atoms with van der Waals surface area (Å²) in [6, 6.07) is 2.49. The standard InChI is InChI=1S/C16H31N3/c1-18-11-3-2-6-14(18)9-13-19-12-5-8-16(19)15-7-4-10-17-15/h14-17H,2-13H2,1H3. The van der Waals surface area contributed by atoms with Gasteiger partial charge in [0.05, 0.1) is 0 Å². The highest BCUT2D eigenvalue weighted by molar-refractivity contribution is 4.92. The molecule has 0 aliphatic carbocycles. The molecule has 3 nitrogen and oxygen atoms in total. The molecule has 3 heteroatoms. The molecule has 3 atom stereocenters. The SMILES string of the molecule is CN1CCCCC1CCN1CCCC1C1CCCN1. The minimum Gasteiger partial charge on any atom is -0.312 e. The number of likely N-dealkylation sites (tertiary alicyclic amines) is 2. The summed E-state index contributed by atoms with van der Waals surface area (Å²) < 4.78 is 0. The molecule has 0 radical (unpaired) electrons. The van der Waals surface area contributed by atoms with Gasteiger partial charge in [-0.3, -0.25) is 4.90 Å². The lowest BCUT2D eigenvalue weighted by Gasteiger charge is -2.35. The van der Waals surface area contributed by atoms with Crippen molar-refractivity contribution < 1.29 is 0 Å². The Hall–Kier alpha value is -0.120. The highest BCUT2D eigenvalue weighted by Gasteiger charge is 2.33. The fourth-order valence-corrected chi connectivity index (χ4v) is 4.45. The smallest absolute Gasteiger partial charge is 0.0249 e. The first-order valence-corrected chi connectivity index (χ1v) is 8.52. The van der Waals surface area contributed by atoms with Crippen molar-refractivity contribution in [2.75, 3.05) is 33.2 Å². The molecule has 0 amide bonds. The van der Waals surface area contributed by atoms with Crippen molar-refractivity contribution >= 4 is 0 Å². The van der Waals surface area contributed by atoms with Gasteiger partial charge < -0.3 is 10.2 Å². The molecule has 0 aromatic carbocycles. The fourth-order valence-electron chi connectivity index (χ4n) is 4.45. The summed E-state index contributed by atoms with van der Waals surface area (Å²) in [5.41, 5.74) is 0. The zero-order chi connectivity index (χ0) is 13.1. The third-order valence-electron chi connectivity index (χ3n) is 5.65. The van der Waals surface area contributed by atoms with E-state index in [0.29, 0.717) is 0 Å². The van der Waals surface area contributed by atoms with Crippen molar-refractivity contribution in [2.24, 2.45) is 0 Å². The summed E-state index contributed by atoms with van der Waals surface area (Å²) in [7, 11) is 2.32. The van der Waals surface area contributed by atoms with Gasteiger partial charge in [-0.05, 0) is 78.2 Å². The van der Waals surface area contributed by atoms with E-state index >= 15 is 0 Å². The highest BCUT2D eigenvalue weighted by atomic mass is 15.2. The van der Waals surface area contributed by atoms with E-state index in [9.17, 15) is 0 Å². The molecule has 0 saturated carbocycles. The molecular formula is C16H31N3. The first kappa shape index (κ1) is 13.8. The van der Waals surface area contributed by atoms with E-state index in [0.717, 1.165) is 18.1 Å². The van der Waals surface area contributed by atoms with Crippen LogP contribution in [0.25, 0.3) is 0 Å². The molecule has 0 bridgehead atoms. The number of nitrogens with one attached hydrogen (secondary N) is 1. The van der Waals surface area contributed by atoms with Crippen molar-refractivity contribution in [3.8, 4) is 0 Å². The number of nitrogens with zero attached hydrogens (tertiary/aromatic N) is 2. The summed E-state index contributed by atoms with van der Waals surface area (Å²) in [6.45, 7) is 5.25. The Morgan fingerprint density at radius 2 is 1.95 bits per heavy atom. The van der Waals surface area contributed by atoms with Crippen molar-refractivity contribution in [2.45, 2.75) is 69.5 Å². The highest BCUT2D eigenvalue weighted by Crippen LogP contribution is 2.26. The van der Waals surface area contributed by atoms with Gasteiger partial charge in [0.1, 0.15) is 0 Å². The zero-order valence-corrected chi connectivity index (χ0v) is 12.6. The monoisotopic (exact) mass is 265 g/mol. The van der Waals surface area contributed by atoms with Gasteiger partial charge >= 0.3 is 0 Å². The summed E-state index contributed by atoms with van der Waals surface area (Å²) in [5, 5.41) is 3.72. The summed E-state index contributed by atoms with van der Waals surface area (Å²) >= 11 is 0. The van der Waals surface area contributed by atoms with Gasteiger partial charge in [0.2, 0.25) is 0 Å². The van der Waals surface area contributed by atoms with Crippen molar-refractivity contribution in [1.29, 1.82) is 0 Å². The molecule has 3 fully saturated rings. The third kappa shape index (κ3) is 3.32. The summed E-state index contributed by atoms with van der Waals surface area (Å²) in [4.78, 5) is 5.40. The average molecular weight is 265 g/mol. The predicted octanol–water partition coefficient (Wildman–Crippen LogP) is 2.08. The molecule has 3 aliphatic heterocycles. The van der Waals surface area contributed by atoms with Crippen molar-refractivity contribution in [3.63, 3.8) is 0 Å². The van der Waals surface area contributed by atoms with Gasteiger partial charge in [0.15, 0.2) is 0 Å². The van der Waals surface area contributed by atoms with Crippen LogP contribution in [-0.4, -0.2) is 61.2 Å². The average Bonchev–Trinajstić information content (AvgIpc) is 3.08. The van der Waals surface area contributed by atoms with Crippen LogP contribution in [-0.2, 0) is 0 Å². The van der Waals surface area contributed by atoms with Gasteiger partial charge in [0.25, 0.3) is 0 Å². The third-order valence-corrected chi connectivity index (χ3v) is 5.65. The van der Waals surface area contributed by atoms with Crippen LogP contribution >= 0.6 is 0 Å². The molecule has 19 heavy (non-hydrogen) atoms. The van der Waals surface area contributed by atoms with Gasteiger partial charge in [-0.25, -0.2) is 0 Å². The number of hydrogen-bond donors (Lipinski definition) is 1. The van der Waals surface area contributed by atoms with Gasteiger partial charge in [-0.15, -0.1) is 0 Å². The molecule has 1 N–H and O–H groups in total. The normalized spacial score (nSPS) is 38.1. The Balaban J connectivity index is 1.48. The molecule has 3 aliphatic rings. The maximum absolute atomic E-state index is 3.72. The topological polar surface area (TPSA) is 18.5 Å². The van der Waals surface area contributed by atoms with Gasteiger partial charge in [-0.1, -0.05) is 6.42 Å². The van der Waals surface area contributed by atoms with Crippen LogP contribution in [0.15, 0.2) is 0 Å². The van der Waals surface area contributed by atoms with Crippen molar-refractivity contribution in [1.82, 2.24) is 15.1 Å². The Labute approximate surface area is 118 Å². The molecule has 3 unspecified atom stereocenters. The Bertz CT molecular complexity index is 275. The second-order valence-electron chi connectivity index (χ2n) is 6.87. The first-order chi connectivity index (χ1) is 9.34. The molecule has 0 aromatic heterocycles. The number of piperidine rings is 1. The van der Waals surface area contributed by atoms with E-state index in [-0.39, 0.29) is 0 Å². The van der Waals surface area contributed by atoms with Gasteiger partial charge in [0, 0.05) is 18.1 Å². The molecule has 3 heterocycles. The first-order valence-electron chi connectivity index (χ1n) is 8.52. The van der Waals surface area contributed by atoms with E-state index in [1.807, 2.05) is 0 Å². The minimum atomic E-state index is 0.798. The van der Waals surface area contributed by atoms with Crippen LogP contribution in [0.1, 0.15) is 51.4 Å². The minimum absolute atomic E-state index is 0.798. The van der Waals surface area contributed by atoms with E-state index in [1.54, 1.807) is 0 Å². The Kier molecular flexibility index (Phi) is 4.78. The Morgan fingerprint density at radius 1 is 1.00 bits per heavy atom. The van der Waals surface area contributed by atoms with E-state index in [1.165, 1.54) is 77.5 Å². The lowest BCUT2D eigenvalue weighted by molar-refractivity contribution is 0.142. The van der Waals surface area contributed by atoms with E-state index in [4.69, 9.17) is 0 Å². The number of hydrogen-bond acceptors (Lipinski definition) is 3. The van der Waals surface area contributed by atoms with Crippen LogP contribution in [0.5, 0.6) is 0 Å². The molecular weight excluding hydrogens is 234 g/mol. The van der Waals surface area contributed by atoms with Gasteiger partial charge in [-0.2, -0.15) is 0 Å². The summed E-state index contributed by atoms with van der Waals surface area (Å²) in [6.07, 6.45) is 11.3. The quantitative estimate of drug-likeness (QED) is 0.839. The molecule has 0 spiro atoms. The second-order valence-corrected chi connectivity index (χ2v) is 6.87. The molecule has 3 rings (SSSR count). The van der Waals surface area contributed by atoms with Crippen LogP contribution in [0.3, 0.4) is 0 Å². The van der Waals surface area contributed by atoms with Crippen LogP contribution < -0.4 is 5.32 Å². The largest absolute Gasteiger partial charge is 0.312 e. The molecule has 0 aromatic rings. The van der Waals surface area contributed by atoms with Crippen LogP contribution in [0, 0.1) is 0 Å². The second kappa shape index (κ2) is 6.55. The van der Waals surface area contributed by atoms with E-state index in [2.05, 4.69) is 22.2 Å². The Morgan fingerprint density at radius 3 is 2.74 bits per heavy atom.